The van der Waals surface area contributed by atoms with Gasteiger partial charge in [-0.1, -0.05) is 6.07 Å². The maximum Gasteiger partial charge on any atom is 0.119 e. The van der Waals surface area contributed by atoms with Crippen molar-refractivity contribution in [2.24, 2.45) is 5.10 Å². The van der Waals surface area contributed by atoms with Gasteiger partial charge in [0.25, 0.3) is 0 Å². The molecule has 0 saturated heterocycles. The second kappa shape index (κ2) is 5.65. The number of pyridine rings is 1. The van der Waals surface area contributed by atoms with Crippen molar-refractivity contribution in [3.05, 3.63) is 54.4 Å². The standard InChI is InChI=1S/C13H13N3O/c1-17-13-7-5-11(6-8-13)16-15-10-12-4-2-3-9-14-12/h2-10,16H,1H3/b15-10+. The van der Waals surface area contributed by atoms with Crippen LogP contribution in [0.3, 0.4) is 0 Å². The van der Waals surface area contributed by atoms with Gasteiger partial charge in [-0.3, -0.25) is 10.4 Å². The van der Waals surface area contributed by atoms with Crippen LogP contribution in [0.4, 0.5) is 5.69 Å². The summed E-state index contributed by atoms with van der Waals surface area (Å²) in [6, 6.07) is 13.2. The molecule has 1 aromatic heterocycles. The third-order valence-electron chi connectivity index (χ3n) is 2.17. The van der Waals surface area contributed by atoms with Crippen LogP contribution in [-0.2, 0) is 0 Å². The molecule has 0 aliphatic heterocycles. The van der Waals surface area contributed by atoms with E-state index in [-0.39, 0.29) is 0 Å². The highest BCUT2D eigenvalue weighted by Crippen LogP contribution is 2.14. The number of hydrazone groups is 1. The minimum absolute atomic E-state index is 0.813. The number of hydrogen-bond donors (Lipinski definition) is 1. The van der Waals surface area contributed by atoms with Crippen LogP contribution in [0.25, 0.3) is 0 Å². The molecule has 1 N–H and O–H groups in total. The third kappa shape index (κ3) is 3.31. The normalized spacial score (nSPS) is 10.4. The Hall–Kier alpha value is -2.36. The molecule has 0 amide bonds. The molecule has 4 heteroatoms. The Morgan fingerprint density at radius 2 is 2.00 bits per heavy atom. The van der Waals surface area contributed by atoms with Gasteiger partial charge < -0.3 is 4.74 Å². The first-order chi connectivity index (χ1) is 8.38. The van der Waals surface area contributed by atoms with Crippen molar-refractivity contribution in [3.8, 4) is 5.75 Å². The summed E-state index contributed by atoms with van der Waals surface area (Å²) < 4.78 is 5.07. The minimum Gasteiger partial charge on any atom is -0.497 e. The first kappa shape index (κ1) is 11.1. The van der Waals surface area contributed by atoms with Gasteiger partial charge in [0, 0.05) is 6.20 Å². The molecule has 0 unspecified atom stereocenters. The van der Waals surface area contributed by atoms with Crippen LogP contribution in [0.1, 0.15) is 5.69 Å². The molecule has 0 fully saturated rings. The predicted molar refractivity (Wildman–Crippen MR) is 68.4 cm³/mol. The summed E-state index contributed by atoms with van der Waals surface area (Å²) in [5.74, 6) is 0.823. The van der Waals surface area contributed by atoms with E-state index in [1.165, 1.54) is 0 Å². The average molecular weight is 227 g/mol. The Balaban J connectivity index is 1.95. The largest absolute Gasteiger partial charge is 0.497 e. The number of aromatic nitrogens is 1. The Labute approximate surface area is 100.0 Å². The van der Waals surface area contributed by atoms with E-state index >= 15 is 0 Å². The number of anilines is 1. The van der Waals surface area contributed by atoms with E-state index in [4.69, 9.17) is 4.74 Å². The lowest BCUT2D eigenvalue weighted by molar-refractivity contribution is 0.415. The van der Waals surface area contributed by atoms with Crippen molar-refractivity contribution in [1.82, 2.24) is 4.98 Å². The fourth-order valence-electron chi connectivity index (χ4n) is 1.29. The van der Waals surface area contributed by atoms with Crippen LogP contribution in [0.2, 0.25) is 0 Å². The molecule has 0 atom stereocenters. The van der Waals surface area contributed by atoms with Crippen LogP contribution in [0.5, 0.6) is 5.75 Å². The zero-order chi connectivity index (χ0) is 11.9. The van der Waals surface area contributed by atoms with Gasteiger partial charge in [-0.2, -0.15) is 5.10 Å². The first-order valence-electron chi connectivity index (χ1n) is 5.22. The zero-order valence-electron chi connectivity index (χ0n) is 9.50. The summed E-state index contributed by atoms with van der Waals surface area (Å²) in [6.45, 7) is 0. The molecule has 17 heavy (non-hydrogen) atoms. The van der Waals surface area contributed by atoms with E-state index in [1.807, 2.05) is 42.5 Å². The average Bonchev–Trinajstić information content (AvgIpc) is 2.41. The minimum atomic E-state index is 0.813. The van der Waals surface area contributed by atoms with Crippen molar-refractivity contribution < 1.29 is 4.74 Å². The molecule has 4 nitrogen and oxygen atoms in total. The lowest BCUT2D eigenvalue weighted by atomic mass is 10.3. The lowest BCUT2D eigenvalue weighted by Gasteiger charge is -2.01. The highest BCUT2D eigenvalue weighted by Gasteiger charge is 1.91. The van der Waals surface area contributed by atoms with Crippen LogP contribution < -0.4 is 10.2 Å². The van der Waals surface area contributed by atoms with Crippen molar-refractivity contribution in [3.63, 3.8) is 0 Å². The Morgan fingerprint density at radius 3 is 2.65 bits per heavy atom. The van der Waals surface area contributed by atoms with E-state index in [2.05, 4.69) is 15.5 Å². The highest BCUT2D eigenvalue weighted by atomic mass is 16.5. The fraction of sp³-hybridized carbons (Fsp3) is 0.0769. The van der Waals surface area contributed by atoms with Crippen LogP contribution >= 0.6 is 0 Å². The number of benzene rings is 1. The number of rotatable bonds is 4. The van der Waals surface area contributed by atoms with E-state index in [0.29, 0.717) is 0 Å². The second-order valence-electron chi connectivity index (χ2n) is 3.35. The summed E-state index contributed by atoms with van der Waals surface area (Å²) in [6.07, 6.45) is 3.40. The van der Waals surface area contributed by atoms with Crippen molar-refractivity contribution >= 4 is 11.9 Å². The maximum atomic E-state index is 5.07. The molecule has 2 aromatic rings. The summed E-state index contributed by atoms with van der Waals surface area (Å²) in [5.41, 5.74) is 4.63. The molecule has 0 radical (unpaired) electrons. The van der Waals surface area contributed by atoms with Gasteiger partial charge in [-0.15, -0.1) is 0 Å². The van der Waals surface area contributed by atoms with Crippen molar-refractivity contribution in [1.29, 1.82) is 0 Å². The van der Waals surface area contributed by atoms with Gasteiger partial charge in [-0.25, -0.2) is 0 Å². The molecule has 86 valence electrons. The van der Waals surface area contributed by atoms with Gasteiger partial charge in [-0.05, 0) is 36.4 Å². The van der Waals surface area contributed by atoms with Gasteiger partial charge in [0.15, 0.2) is 0 Å². The predicted octanol–water partition coefficient (Wildman–Crippen LogP) is 2.54. The number of hydrogen-bond acceptors (Lipinski definition) is 4. The van der Waals surface area contributed by atoms with Crippen LogP contribution in [0.15, 0.2) is 53.8 Å². The monoisotopic (exact) mass is 227 g/mol. The van der Waals surface area contributed by atoms with Gasteiger partial charge in [0.1, 0.15) is 5.75 Å². The molecule has 0 aliphatic carbocycles. The van der Waals surface area contributed by atoms with Crippen molar-refractivity contribution in [2.45, 2.75) is 0 Å². The van der Waals surface area contributed by atoms with E-state index in [0.717, 1.165) is 17.1 Å². The summed E-state index contributed by atoms with van der Waals surface area (Å²) in [7, 11) is 1.64. The quantitative estimate of drug-likeness (QED) is 0.645. The maximum absolute atomic E-state index is 5.07. The molecule has 0 bridgehead atoms. The molecule has 2 rings (SSSR count). The lowest BCUT2D eigenvalue weighted by Crippen LogP contribution is -1.92. The number of nitrogens with zero attached hydrogens (tertiary/aromatic N) is 2. The second-order valence-corrected chi connectivity index (χ2v) is 3.35. The number of methoxy groups -OCH3 is 1. The summed E-state index contributed by atoms with van der Waals surface area (Å²) >= 11 is 0. The summed E-state index contributed by atoms with van der Waals surface area (Å²) in [4.78, 5) is 4.13. The smallest absolute Gasteiger partial charge is 0.119 e. The molecule has 0 aliphatic rings. The van der Waals surface area contributed by atoms with Gasteiger partial charge >= 0.3 is 0 Å². The van der Waals surface area contributed by atoms with Crippen LogP contribution in [0, 0.1) is 0 Å². The van der Waals surface area contributed by atoms with E-state index < -0.39 is 0 Å². The Kier molecular flexibility index (Phi) is 3.70. The molecule has 1 heterocycles. The van der Waals surface area contributed by atoms with Gasteiger partial charge in [0.2, 0.25) is 0 Å². The molecular weight excluding hydrogens is 214 g/mol. The third-order valence-corrected chi connectivity index (χ3v) is 2.17. The molecule has 0 spiro atoms. The van der Waals surface area contributed by atoms with E-state index in [1.54, 1.807) is 19.5 Å². The first-order valence-corrected chi connectivity index (χ1v) is 5.22. The highest BCUT2D eigenvalue weighted by molar-refractivity contribution is 5.77. The Morgan fingerprint density at radius 1 is 1.18 bits per heavy atom. The fourth-order valence-corrected chi connectivity index (χ4v) is 1.29. The van der Waals surface area contributed by atoms with Crippen molar-refractivity contribution in [2.75, 3.05) is 12.5 Å². The molecular formula is C13H13N3O. The molecule has 0 saturated carbocycles. The Bertz CT molecular complexity index is 480. The number of nitrogens with one attached hydrogen (secondary N) is 1. The molecule has 1 aromatic carbocycles. The zero-order valence-corrected chi connectivity index (χ0v) is 9.50. The van der Waals surface area contributed by atoms with E-state index in [9.17, 15) is 0 Å². The topological polar surface area (TPSA) is 46.5 Å². The number of ether oxygens (including phenoxy) is 1. The SMILES string of the molecule is COc1ccc(N/N=C/c2ccccn2)cc1. The van der Waals surface area contributed by atoms with Gasteiger partial charge in [0.05, 0.1) is 24.7 Å². The summed E-state index contributed by atoms with van der Waals surface area (Å²) in [5, 5.41) is 4.09. The van der Waals surface area contributed by atoms with Crippen LogP contribution in [-0.4, -0.2) is 18.3 Å².